The Morgan fingerprint density at radius 1 is 1.40 bits per heavy atom. The van der Waals surface area contributed by atoms with Crippen molar-refractivity contribution in [2.75, 3.05) is 20.0 Å². The van der Waals surface area contributed by atoms with Crippen LogP contribution in [-0.4, -0.2) is 20.0 Å². The lowest BCUT2D eigenvalue weighted by Gasteiger charge is -2.19. The number of hydrogen-bond donors (Lipinski definition) is 1. The van der Waals surface area contributed by atoms with Crippen LogP contribution in [0.5, 0.6) is 5.75 Å². The van der Waals surface area contributed by atoms with Crippen molar-refractivity contribution in [2.45, 2.75) is 19.9 Å². The molecule has 1 unspecified atom stereocenters. The zero-order chi connectivity index (χ0) is 11.4. The number of ether oxygens (including phenoxy) is 1. The highest BCUT2D eigenvalue weighted by Gasteiger charge is 2.15. The van der Waals surface area contributed by atoms with E-state index in [4.69, 9.17) is 16.3 Å². The van der Waals surface area contributed by atoms with Crippen LogP contribution < -0.4 is 10.1 Å². The van der Waals surface area contributed by atoms with Crippen LogP contribution in [-0.2, 0) is 0 Å². The monoisotopic (exact) mass is 227 g/mol. The van der Waals surface area contributed by atoms with Gasteiger partial charge in [-0.2, -0.15) is 0 Å². The molecule has 1 N–H and O–H groups in total. The molecule has 0 spiro atoms. The first-order chi connectivity index (χ1) is 7.13. The molecule has 0 radical (unpaired) electrons. The van der Waals surface area contributed by atoms with E-state index in [2.05, 4.69) is 31.3 Å². The number of hydrogen-bond acceptors (Lipinski definition) is 2. The van der Waals surface area contributed by atoms with E-state index in [1.807, 2.05) is 7.05 Å². The first-order valence-corrected chi connectivity index (χ1v) is 5.55. The van der Waals surface area contributed by atoms with Gasteiger partial charge in [0, 0.05) is 17.5 Å². The van der Waals surface area contributed by atoms with Gasteiger partial charge in [-0.15, -0.1) is 11.6 Å². The third-order valence-electron chi connectivity index (χ3n) is 2.53. The fourth-order valence-corrected chi connectivity index (χ4v) is 2.16. The average Bonchev–Trinajstić information content (AvgIpc) is 2.19. The van der Waals surface area contributed by atoms with E-state index in [0.29, 0.717) is 5.88 Å². The Balaban J connectivity index is 3.24. The average molecular weight is 228 g/mol. The molecule has 1 atom stereocenters. The summed E-state index contributed by atoms with van der Waals surface area (Å²) in [6.07, 6.45) is 0. The summed E-state index contributed by atoms with van der Waals surface area (Å²) >= 11 is 5.92. The number of aryl methyl sites for hydroxylation is 2. The van der Waals surface area contributed by atoms with Crippen molar-refractivity contribution in [1.29, 1.82) is 0 Å². The van der Waals surface area contributed by atoms with Crippen LogP contribution in [0.2, 0.25) is 0 Å². The van der Waals surface area contributed by atoms with Gasteiger partial charge in [-0.3, -0.25) is 0 Å². The molecule has 0 heterocycles. The molecule has 0 fully saturated rings. The number of methoxy groups -OCH3 is 1. The summed E-state index contributed by atoms with van der Waals surface area (Å²) in [4.78, 5) is 0. The van der Waals surface area contributed by atoms with Gasteiger partial charge in [0.1, 0.15) is 5.75 Å². The fraction of sp³-hybridized carbons (Fsp3) is 0.500. The Labute approximate surface area is 96.6 Å². The van der Waals surface area contributed by atoms with E-state index in [1.54, 1.807) is 7.11 Å². The molecule has 84 valence electrons. The van der Waals surface area contributed by atoms with E-state index in [0.717, 1.165) is 16.9 Å². The molecular formula is C12H18ClNO. The molecule has 1 aromatic carbocycles. The Bertz CT molecular complexity index is 335. The third-order valence-corrected chi connectivity index (χ3v) is 2.84. The summed E-state index contributed by atoms with van der Waals surface area (Å²) in [5.41, 5.74) is 3.51. The largest absolute Gasteiger partial charge is 0.496 e. The summed E-state index contributed by atoms with van der Waals surface area (Å²) in [7, 11) is 3.60. The molecule has 3 heteroatoms. The topological polar surface area (TPSA) is 21.3 Å². The smallest absolute Gasteiger partial charge is 0.126 e. The van der Waals surface area contributed by atoms with Crippen molar-refractivity contribution < 1.29 is 4.74 Å². The van der Waals surface area contributed by atoms with Gasteiger partial charge in [-0.1, -0.05) is 17.7 Å². The number of alkyl halides is 1. The lowest BCUT2D eigenvalue weighted by molar-refractivity contribution is 0.401. The van der Waals surface area contributed by atoms with E-state index in [1.165, 1.54) is 5.56 Å². The molecular weight excluding hydrogens is 210 g/mol. The van der Waals surface area contributed by atoms with Crippen molar-refractivity contribution in [3.8, 4) is 5.75 Å². The van der Waals surface area contributed by atoms with Crippen molar-refractivity contribution in [3.05, 3.63) is 28.8 Å². The van der Waals surface area contributed by atoms with Crippen LogP contribution in [0.25, 0.3) is 0 Å². The second kappa shape index (κ2) is 5.38. The van der Waals surface area contributed by atoms with E-state index >= 15 is 0 Å². The van der Waals surface area contributed by atoms with Crippen LogP contribution in [0, 0.1) is 13.8 Å². The quantitative estimate of drug-likeness (QED) is 0.799. The Morgan fingerprint density at radius 2 is 2.07 bits per heavy atom. The molecule has 0 amide bonds. The van der Waals surface area contributed by atoms with Crippen LogP contribution in [0.4, 0.5) is 0 Å². The van der Waals surface area contributed by atoms with E-state index in [9.17, 15) is 0 Å². The minimum absolute atomic E-state index is 0.139. The van der Waals surface area contributed by atoms with Gasteiger partial charge in [-0.05, 0) is 26.5 Å². The number of halogens is 1. The maximum absolute atomic E-state index is 5.92. The van der Waals surface area contributed by atoms with Crippen molar-refractivity contribution in [3.63, 3.8) is 0 Å². The minimum Gasteiger partial charge on any atom is -0.496 e. The SMILES string of the molecule is CNC(CCl)c1cc(C)cc(C)c1OC. The maximum Gasteiger partial charge on any atom is 0.126 e. The third kappa shape index (κ3) is 2.64. The summed E-state index contributed by atoms with van der Waals surface area (Å²) in [6, 6.07) is 4.37. The Morgan fingerprint density at radius 3 is 2.53 bits per heavy atom. The number of benzene rings is 1. The first kappa shape index (κ1) is 12.3. The molecule has 0 aliphatic heterocycles. The normalized spacial score (nSPS) is 12.6. The van der Waals surface area contributed by atoms with Crippen molar-refractivity contribution >= 4 is 11.6 Å². The van der Waals surface area contributed by atoms with Gasteiger partial charge < -0.3 is 10.1 Å². The first-order valence-electron chi connectivity index (χ1n) is 5.02. The molecule has 1 rings (SSSR count). The zero-order valence-electron chi connectivity index (χ0n) is 9.73. The van der Waals surface area contributed by atoms with Crippen LogP contribution in [0.3, 0.4) is 0 Å². The van der Waals surface area contributed by atoms with Gasteiger partial charge in [0.05, 0.1) is 7.11 Å². The van der Waals surface area contributed by atoms with Crippen molar-refractivity contribution in [1.82, 2.24) is 5.32 Å². The molecule has 0 aliphatic rings. The summed E-state index contributed by atoms with van der Waals surface area (Å²) < 4.78 is 5.42. The van der Waals surface area contributed by atoms with Gasteiger partial charge in [0.2, 0.25) is 0 Å². The van der Waals surface area contributed by atoms with Gasteiger partial charge in [0.15, 0.2) is 0 Å². The molecule has 0 bridgehead atoms. The van der Waals surface area contributed by atoms with E-state index < -0.39 is 0 Å². The lowest BCUT2D eigenvalue weighted by atomic mass is 10.0. The van der Waals surface area contributed by atoms with Crippen LogP contribution in [0.1, 0.15) is 22.7 Å². The van der Waals surface area contributed by atoms with Crippen LogP contribution in [0.15, 0.2) is 12.1 Å². The standard InChI is InChI=1S/C12H18ClNO/c1-8-5-9(2)12(15-4)10(6-8)11(7-13)14-3/h5-6,11,14H,7H2,1-4H3. The number of nitrogens with one attached hydrogen (secondary N) is 1. The summed E-state index contributed by atoms with van der Waals surface area (Å²) in [6.45, 7) is 4.13. The molecule has 2 nitrogen and oxygen atoms in total. The molecule has 0 aliphatic carbocycles. The van der Waals surface area contributed by atoms with Gasteiger partial charge in [-0.25, -0.2) is 0 Å². The molecule has 1 aromatic rings. The predicted molar refractivity (Wildman–Crippen MR) is 65.0 cm³/mol. The Kier molecular flexibility index (Phi) is 4.43. The highest BCUT2D eigenvalue weighted by molar-refractivity contribution is 6.18. The minimum atomic E-state index is 0.139. The van der Waals surface area contributed by atoms with Crippen molar-refractivity contribution in [2.24, 2.45) is 0 Å². The molecule has 0 saturated carbocycles. The fourth-order valence-electron chi connectivity index (χ4n) is 1.84. The Hall–Kier alpha value is -0.730. The maximum atomic E-state index is 5.92. The summed E-state index contributed by atoms with van der Waals surface area (Å²) in [5, 5.41) is 3.19. The van der Waals surface area contributed by atoms with E-state index in [-0.39, 0.29) is 6.04 Å². The molecule has 15 heavy (non-hydrogen) atoms. The zero-order valence-corrected chi connectivity index (χ0v) is 10.5. The second-order valence-corrected chi connectivity index (χ2v) is 4.01. The van der Waals surface area contributed by atoms with Crippen LogP contribution >= 0.6 is 11.6 Å². The highest BCUT2D eigenvalue weighted by atomic mass is 35.5. The predicted octanol–water partition coefficient (Wildman–Crippen LogP) is 2.81. The van der Waals surface area contributed by atoms with Gasteiger partial charge in [0.25, 0.3) is 0 Å². The molecule has 0 aromatic heterocycles. The van der Waals surface area contributed by atoms with Gasteiger partial charge >= 0.3 is 0 Å². The second-order valence-electron chi connectivity index (χ2n) is 3.70. The highest BCUT2D eigenvalue weighted by Crippen LogP contribution is 2.30. The summed E-state index contributed by atoms with van der Waals surface area (Å²) in [5.74, 6) is 1.47. The number of rotatable bonds is 4. The molecule has 0 saturated heterocycles. The lowest BCUT2D eigenvalue weighted by Crippen LogP contribution is -2.19.